The van der Waals surface area contributed by atoms with Gasteiger partial charge in [0.05, 0.1) is 0 Å². The van der Waals surface area contributed by atoms with E-state index in [0.29, 0.717) is 0 Å². The number of hydrogen-bond acceptors (Lipinski definition) is 0. The molecule has 0 aromatic heterocycles. The minimum atomic E-state index is 1.14. The van der Waals surface area contributed by atoms with Gasteiger partial charge in [-0.1, -0.05) is 74.0 Å². The van der Waals surface area contributed by atoms with Gasteiger partial charge in [0.2, 0.25) is 0 Å². The number of benzene rings is 1. The van der Waals surface area contributed by atoms with E-state index < -0.39 is 0 Å². The summed E-state index contributed by atoms with van der Waals surface area (Å²) in [6.45, 7) is 6.08. The predicted molar refractivity (Wildman–Crippen MR) is 65.4 cm³/mol. The maximum atomic E-state index is 2.12. The SMILES string of the molecule is C1=CCC=C1.CC.Cc1ccccc1. The minimum Gasteiger partial charge on any atom is -0.0808 e. The summed E-state index contributed by atoms with van der Waals surface area (Å²) in [5, 5.41) is 0. The van der Waals surface area contributed by atoms with Crippen LogP contribution in [0.5, 0.6) is 0 Å². The molecule has 2 rings (SSSR count). The van der Waals surface area contributed by atoms with E-state index in [0.717, 1.165) is 6.42 Å². The highest BCUT2D eigenvalue weighted by Crippen LogP contribution is 1.93. The van der Waals surface area contributed by atoms with Crippen LogP contribution in [0.15, 0.2) is 54.6 Å². The van der Waals surface area contributed by atoms with Gasteiger partial charge in [0.1, 0.15) is 0 Å². The van der Waals surface area contributed by atoms with Gasteiger partial charge in [0.15, 0.2) is 0 Å². The molecule has 0 heteroatoms. The van der Waals surface area contributed by atoms with Crippen molar-refractivity contribution in [3.05, 3.63) is 60.2 Å². The molecule has 1 aromatic rings. The van der Waals surface area contributed by atoms with E-state index in [9.17, 15) is 0 Å². The molecular formula is C14H20. The van der Waals surface area contributed by atoms with Crippen molar-refractivity contribution in [1.29, 1.82) is 0 Å². The molecule has 1 aliphatic carbocycles. The second-order valence-electron chi connectivity index (χ2n) is 2.75. The van der Waals surface area contributed by atoms with Crippen LogP contribution >= 0.6 is 0 Å². The van der Waals surface area contributed by atoms with E-state index in [-0.39, 0.29) is 0 Å². The molecule has 0 amide bonds. The first-order chi connectivity index (χ1) is 6.89. The molecule has 0 unspecified atom stereocenters. The van der Waals surface area contributed by atoms with Crippen LogP contribution in [0, 0.1) is 6.92 Å². The van der Waals surface area contributed by atoms with E-state index in [1.807, 2.05) is 32.0 Å². The molecule has 0 fully saturated rings. The van der Waals surface area contributed by atoms with Crippen molar-refractivity contribution in [2.45, 2.75) is 27.2 Å². The standard InChI is InChI=1S/C7H8.C5H6.C2H6/c1-7-5-3-2-4-6-7;1-2-4-5-3-1;1-2/h2-6H,1H3;1-4H,5H2;1-2H3. The third-order valence-corrected chi connectivity index (χ3v) is 1.60. The molecule has 0 spiro atoms. The van der Waals surface area contributed by atoms with Crippen molar-refractivity contribution in [3.63, 3.8) is 0 Å². The molecule has 0 saturated heterocycles. The van der Waals surface area contributed by atoms with Gasteiger partial charge in [-0.25, -0.2) is 0 Å². The van der Waals surface area contributed by atoms with Gasteiger partial charge < -0.3 is 0 Å². The molecule has 0 saturated carbocycles. The molecule has 1 aliphatic rings. The first-order valence-corrected chi connectivity index (χ1v) is 5.23. The summed E-state index contributed by atoms with van der Waals surface area (Å²) < 4.78 is 0. The van der Waals surface area contributed by atoms with Crippen LogP contribution in [-0.4, -0.2) is 0 Å². The average Bonchev–Trinajstić information content (AvgIpc) is 2.80. The van der Waals surface area contributed by atoms with Crippen molar-refractivity contribution in [2.75, 3.05) is 0 Å². The van der Waals surface area contributed by atoms with Gasteiger partial charge in [-0.05, 0) is 13.3 Å². The molecule has 0 radical (unpaired) electrons. The summed E-state index contributed by atoms with van der Waals surface area (Å²) in [6, 6.07) is 10.3. The van der Waals surface area contributed by atoms with Crippen LogP contribution in [0.2, 0.25) is 0 Å². The predicted octanol–water partition coefficient (Wildman–Crippen LogP) is 4.52. The molecule has 0 aliphatic heterocycles. The Morgan fingerprint density at radius 2 is 1.36 bits per heavy atom. The van der Waals surface area contributed by atoms with Gasteiger partial charge in [-0.2, -0.15) is 0 Å². The number of rotatable bonds is 0. The summed E-state index contributed by atoms with van der Waals surface area (Å²) in [6.07, 6.45) is 9.50. The van der Waals surface area contributed by atoms with Gasteiger partial charge >= 0.3 is 0 Å². The van der Waals surface area contributed by atoms with Crippen molar-refractivity contribution in [2.24, 2.45) is 0 Å². The maximum Gasteiger partial charge on any atom is -0.0163 e. The molecule has 0 N–H and O–H groups in total. The Morgan fingerprint density at radius 3 is 1.57 bits per heavy atom. The van der Waals surface area contributed by atoms with E-state index in [1.54, 1.807) is 0 Å². The topological polar surface area (TPSA) is 0 Å². The zero-order valence-corrected chi connectivity index (χ0v) is 9.40. The largest absolute Gasteiger partial charge is 0.0808 e. The summed E-state index contributed by atoms with van der Waals surface area (Å²) in [4.78, 5) is 0. The lowest BCUT2D eigenvalue weighted by atomic mass is 10.2. The molecule has 0 atom stereocenters. The van der Waals surface area contributed by atoms with Gasteiger partial charge in [0, 0.05) is 0 Å². The fraction of sp³-hybridized carbons (Fsp3) is 0.286. The van der Waals surface area contributed by atoms with Gasteiger partial charge in [-0.15, -0.1) is 0 Å². The third kappa shape index (κ3) is 7.35. The Hall–Kier alpha value is -1.30. The highest BCUT2D eigenvalue weighted by atomic mass is 13.8. The van der Waals surface area contributed by atoms with Gasteiger partial charge in [-0.3, -0.25) is 0 Å². The van der Waals surface area contributed by atoms with Crippen molar-refractivity contribution < 1.29 is 0 Å². The zero-order chi connectivity index (χ0) is 10.6. The van der Waals surface area contributed by atoms with Crippen LogP contribution in [0.1, 0.15) is 25.8 Å². The second-order valence-corrected chi connectivity index (χ2v) is 2.75. The first kappa shape index (κ1) is 12.7. The molecule has 0 heterocycles. The lowest BCUT2D eigenvalue weighted by Crippen LogP contribution is -1.62. The summed E-state index contributed by atoms with van der Waals surface area (Å²) >= 11 is 0. The highest BCUT2D eigenvalue weighted by Gasteiger charge is 1.72. The van der Waals surface area contributed by atoms with Crippen LogP contribution in [-0.2, 0) is 0 Å². The Morgan fingerprint density at radius 1 is 0.857 bits per heavy atom. The Labute approximate surface area is 88.0 Å². The minimum absolute atomic E-state index is 1.14. The van der Waals surface area contributed by atoms with E-state index >= 15 is 0 Å². The summed E-state index contributed by atoms with van der Waals surface area (Å²) in [5.74, 6) is 0. The smallest absolute Gasteiger partial charge is 0.0163 e. The fourth-order valence-electron chi connectivity index (χ4n) is 0.927. The monoisotopic (exact) mass is 188 g/mol. The average molecular weight is 188 g/mol. The Kier molecular flexibility index (Phi) is 8.88. The highest BCUT2D eigenvalue weighted by molar-refractivity contribution is 5.12. The van der Waals surface area contributed by atoms with Crippen LogP contribution in [0.3, 0.4) is 0 Å². The molecule has 1 aromatic carbocycles. The molecule has 14 heavy (non-hydrogen) atoms. The Bertz CT molecular complexity index is 245. The van der Waals surface area contributed by atoms with Crippen LogP contribution < -0.4 is 0 Å². The fourth-order valence-corrected chi connectivity index (χ4v) is 0.927. The number of allylic oxidation sites excluding steroid dienone is 4. The van der Waals surface area contributed by atoms with E-state index in [1.165, 1.54) is 5.56 Å². The maximum absolute atomic E-state index is 2.12. The first-order valence-electron chi connectivity index (χ1n) is 5.23. The molecule has 0 nitrogen and oxygen atoms in total. The van der Waals surface area contributed by atoms with Crippen molar-refractivity contribution in [1.82, 2.24) is 0 Å². The number of hydrogen-bond donors (Lipinski definition) is 0. The normalized spacial score (nSPS) is 11.1. The van der Waals surface area contributed by atoms with Crippen molar-refractivity contribution >= 4 is 0 Å². The second kappa shape index (κ2) is 9.79. The summed E-state index contributed by atoms with van der Waals surface area (Å²) in [5.41, 5.74) is 1.32. The number of aryl methyl sites for hydroxylation is 1. The van der Waals surface area contributed by atoms with E-state index in [4.69, 9.17) is 0 Å². The third-order valence-electron chi connectivity index (χ3n) is 1.60. The Balaban J connectivity index is 0.000000213. The van der Waals surface area contributed by atoms with Crippen LogP contribution in [0.4, 0.5) is 0 Å². The van der Waals surface area contributed by atoms with Gasteiger partial charge in [0.25, 0.3) is 0 Å². The van der Waals surface area contributed by atoms with Crippen molar-refractivity contribution in [3.8, 4) is 0 Å². The lowest BCUT2D eigenvalue weighted by molar-refractivity contribution is 1.45. The lowest BCUT2D eigenvalue weighted by Gasteiger charge is -1.82. The zero-order valence-electron chi connectivity index (χ0n) is 9.40. The molecule has 76 valence electrons. The molecular weight excluding hydrogens is 168 g/mol. The summed E-state index contributed by atoms with van der Waals surface area (Å²) in [7, 11) is 0. The van der Waals surface area contributed by atoms with E-state index in [2.05, 4.69) is 43.4 Å². The molecule has 0 bridgehead atoms. The quantitative estimate of drug-likeness (QED) is 0.561. The van der Waals surface area contributed by atoms with Crippen LogP contribution in [0.25, 0.3) is 0 Å².